The molecular weight excluding hydrogens is 318 g/mol. The maximum atomic E-state index is 12.7. The molecule has 1 heterocycles. The summed E-state index contributed by atoms with van der Waals surface area (Å²) in [6.45, 7) is 2.17. The first-order valence-corrected chi connectivity index (χ1v) is 10.5. The number of nitrogens with one attached hydrogen (secondary N) is 1. The van der Waals surface area contributed by atoms with Gasteiger partial charge in [0.05, 0.1) is 6.04 Å². The minimum Gasteiger partial charge on any atom is -0.347 e. The maximum Gasteiger partial charge on any atom is 0.270 e. The van der Waals surface area contributed by atoms with E-state index in [1.54, 1.807) is 0 Å². The third kappa shape index (κ3) is 3.13. The van der Waals surface area contributed by atoms with Gasteiger partial charge in [0.15, 0.2) is 0 Å². The Morgan fingerprint density at radius 2 is 1.96 bits per heavy atom. The fourth-order valence-corrected chi connectivity index (χ4v) is 6.33. The Morgan fingerprint density at radius 3 is 2.58 bits per heavy atom. The van der Waals surface area contributed by atoms with Gasteiger partial charge in [-0.25, -0.2) is 4.98 Å². The van der Waals surface area contributed by atoms with Gasteiger partial charge in [0, 0.05) is 11.4 Å². The molecular formula is C19H29N3OS. The molecule has 1 atom stereocenters. The first-order valence-electron chi connectivity index (χ1n) is 9.66. The van der Waals surface area contributed by atoms with Crippen LogP contribution in [0, 0.1) is 23.7 Å². The molecule has 4 nitrogen and oxygen atoms in total. The number of unbranched alkanes of at least 4 members (excludes halogenated alkanes) is 1. The van der Waals surface area contributed by atoms with E-state index in [2.05, 4.69) is 17.2 Å². The molecule has 0 radical (unpaired) electrons. The van der Waals surface area contributed by atoms with Crippen LogP contribution in [0.15, 0.2) is 5.38 Å². The summed E-state index contributed by atoms with van der Waals surface area (Å²) in [6, 6.07) is 0.349. The molecule has 0 spiro atoms. The molecule has 0 saturated heterocycles. The summed E-state index contributed by atoms with van der Waals surface area (Å²) in [5.74, 6) is 3.29. The molecule has 4 aliphatic rings. The van der Waals surface area contributed by atoms with Crippen LogP contribution in [-0.4, -0.2) is 16.9 Å². The molecule has 0 aliphatic heterocycles. The van der Waals surface area contributed by atoms with Crippen LogP contribution in [0.2, 0.25) is 0 Å². The second kappa shape index (κ2) is 6.75. The molecule has 4 fully saturated rings. The smallest absolute Gasteiger partial charge is 0.270 e. The van der Waals surface area contributed by atoms with E-state index in [0.29, 0.717) is 23.6 Å². The number of thiazole rings is 1. The van der Waals surface area contributed by atoms with Crippen LogP contribution in [0.3, 0.4) is 0 Å². The van der Waals surface area contributed by atoms with Crippen molar-refractivity contribution in [3.8, 4) is 0 Å². The van der Waals surface area contributed by atoms with E-state index in [4.69, 9.17) is 5.73 Å². The summed E-state index contributed by atoms with van der Waals surface area (Å²) in [5.41, 5.74) is 6.76. The third-order valence-electron chi connectivity index (χ3n) is 6.46. The lowest BCUT2D eigenvalue weighted by molar-refractivity contribution is -0.0120. The molecule has 5 heteroatoms. The number of aromatic nitrogens is 1. The summed E-state index contributed by atoms with van der Waals surface area (Å²) in [7, 11) is 0. The first-order chi connectivity index (χ1) is 11.6. The molecule has 1 aromatic rings. The highest BCUT2D eigenvalue weighted by molar-refractivity contribution is 7.09. The van der Waals surface area contributed by atoms with Crippen molar-refractivity contribution in [3.63, 3.8) is 0 Å². The van der Waals surface area contributed by atoms with Gasteiger partial charge in [-0.3, -0.25) is 4.79 Å². The van der Waals surface area contributed by atoms with E-state index in [0.717, 1.165) is 36.1 Å². The Balaban J connectivity index is 1.39. The van der Waals surface area contributed by atoms with Crippen molar-refractivity contribution in [2.75, 3.05) is 0 Å². The molecule has 1 aromatic heterocycles. The van der Waals surface area contributed by atoms with Gasteiger partial charge < -0.3 is 11.1 Å². The van der Waals surface area contributed by atoms with Gasteiger partial charge in [-0.05, 0) is 62.2 Å². The van der Waals surface area contributed by atoms with Crippen molar-refractivity contribution in [1.82, 2.24) is 10.3 Å². The normalized spacial score (nSPS) is 35.2. The van der Waals surface area contributed by atoms with Crippen molar-refractivity contribution >= 4 is 17.2 Å². The zero-order valence-electron chi connectivity index (χ0n) is 14.5. The highest BCUT2D eigenvalue weighted by atomic mass is 32.1. The summed E-state index contributed by atoms with van der Waals surface area (Å²) in [5, 5.41) is 6.12. The summed E-state index contributed by atoms with van der Waals surface area (Å²) < 4.78 is 0. The van der Waals surface area contributed by atoms with Gasteiger partial charge in [-0.1, -0.05) is 19.8 Å². The van der Waals surface area contributed by atoms with Crippen LogP contribution >= 0.6 is 11.3 Å². The molecule has 132 valence electrons. The van der Waals surface area contributed by atoms with Crippen molar-refractivity contribution in [3.05, 3.63) is 16.1 Å². The molecule has 4 aliphatic carbocycles. The molecule has 1 amide bonds. The highest BCUT2D eigenvalue weighted by Crippen LogP contribution is 2.53. The van der Waals surface area contributed by atoms with Gasteiger partial charge >= 0.3 is 0 Å². The van der Waals surface area contributed by atoms with Crippen LogP contribution in [0.25, 0.3) is 0 Å². The van der Waals surface area contributed by atoms with Crippen molar-refractivity contribution in [1.29, 1.82) is 0 Å². The van der Waals surface area contributed by atoms with E-state index in [1.165, 1.54) is 43.4 Å². The fraction of sp³-hybridized carbons (Fsp3) is 0.789. The molecule has 0 aromatic carbocycles. The zero-order chi connectivity index (χ0) is 16.7. The van der Waals surface area contributed by atoms with Crippen LogP contribution in [0.4, 0.5) is 0 Å². The predicted octanol–water partition coefficient (Wildman–Crippen LogP) is 3.89. The number of hydrogen-bond donors (Lipinski definition) is 2. The maximum absolute atomic E-state index is 12.7. The lowest BCUT2D eigenvalue weighted by atomic mass is 9.54. The number of carbonyl (C=O) groups is 1. The van der Waals surface area contributed by atoms with Gasteiger partial charge in [0.1, 0.15) is 10.7 Å². The highest BCUT2D eigenvalue weighted by Gasteiger charge is 2.48. The Morgan fingerprint density at radius 1 is 1.29 bits per heavy atom. The Labute approximate surface area is 148 Å². The standard InChI is InChI=1S/C19H29N3OS/c1-2-3-4-15(20)19-21-16(10-24-19)18(23)22-17-13-6-11-5-12(8-13)9-14(17)7-11/h10-15,17H,2-9,20H2,1H3,(H,22,23). The molecule has 24 heavy (non-hydrogen) atoms. The van der Waals surface area contributed by atoms with E-state index in [1.807, 2.05) is 5.38 Å². The zero-order valence-corrected chi connectivity index (χ0v) is 15.4. The summed E-state index contributed by atoms with van der Waals surface area (Å²) in [6.07, 6.45) is 9.92. The molecule has 5 rings (SSSR count). The van der Waals surface area contributed by atoms with E-state index in [9.17, 15) is 4.79 Å². The van der Waals surface area contributed by atoms with Gasteiger partial charge in [-0.2, -0.15) is 0 Å². The molecule has 1 unspecified atom stereocenters. The minimum absolute atomic E-state index is 0.0117. The largest absolute Gasteiger partial charge is 0.347 e. The van der Waals surface area contributed by atoms with Crippen LogP contribution in [0.1, 0.15) is 79.8 Å². The number of carbonyl (C=O) groups excluding carboxylic acids is 1. The number of hydrogen-bond acceptors (Lipinski definition) is 4. The summed E-state index contributed by atoms with van der Waals surface area (Å²) >= 11 is 1.53. The topological polar surface area (TPSA) is 68.0 Å². The van der Waals surface area contributed by atoms with Crippen molar-refractivity contribution < 1.29 is 4.79 Å². The van der Waals surface area contributed by atoms with Crippen LogP contribution in [-0.2, 0) is 0 Å². The lowest BCUT2D eigenvalue weighted by Gasteiger charge is -2.54. The number of amides is 1. The Hall–Kier alpha value is -0.940. The second-order valence-electron chi connectivity index (χ2n) is 8.25. The molecule has 4 saturated carbocycles. The number of nitrogens with two attached hydrogens (primary N) is 1. The molecule has 3 N–H and O–H groups in total. The van der Waals surface area contributed by atoms with E-state index < -0.39 is 0 Å². The fourth-order valence-electron chi connectivity index (χ4n) is 5.50. The van der Waals surface area contributed by atoms with Crippen molar-refractivity contribution in [2.45, 2.75) is 70.4 Å². The predicted molar refractivity (Wildman–Crippen MR) is 96.9 cm³/mol. The lowest BCUT2D eigenvalue weighted by Crippen LogP contribution is -2.55. The second-order valence-corrected chi connectivity index (χ2v) is 9.14. The van der Waals surface area contributed by atoms with Gasteiger partial charge in [0.25, 0.3) is 5.91 Å². The third-order valence-corrected chi connectivity index (χ3v) is 7.44. The van der Waals surface area contributed by atoms with E-state index in [-0.39, 0.29) is 11.9 Å². The first kappa shape index (κ1) is 16.5. The van der Waals surface area contributed by atoms with E-state index >= 15 is 0 Å². The van der Waals surface area contributed by atoms with Crippen LogP contribution < -0.4 is 11.1 Å². The van der Waals surface area contributed by atoms with Crippen LogP contribution in [0.5, 0.6) is 0 Å². The average Bonchev–Trinajstić information content (AvgIpc) is 3.05. The molecule has 4 bridgehead atoms. The number of nitrogens with zero attached hydrogens (tertiary/aromatic N) is 1. The summed E-state index contributed by atoms with van der Waals surface area (Å²) in [4.78, 5) is 17.2. The SMILES string of the molecule is CCCCC(N)c1nc(C(=O)NC2C3CC4CC(C3)CC2C4)cs1. The van der Waals surface area contributed by atoms with Gasteiger partial charge in [0.2, 0.25) is 0 Å². The van der Waals surface area contributed by atoms with Gasteiger partial charge in [-0.15, -0.1) is 11.3 Å². The Bertz CT molecular complexity index is 571. The minimum atomic E-state index is -0.0299. The van der Waals surface area contributed by atoms with Crippen molar-refractivity contribution in [2.24, 2.45) is 29.4 Å². The number of rotatable bonds is 6. The quantitative estimate of drug-likeness (QED) is 0.820. The average molecular weight is 348 g/mol. The monoisotopic (exact) mass is 347 g/mol. The Kier molecular flexibility index (Phi) is 4.65.